The Morgan fingerprint density at radius 2 is 2.25 bits per heavy atom. The fourth-order valence-corrected chi connectivity index (χ4v) is 4.83. The molecule has 3 N–H and O–H groups in total. The molecule has 1 saturated carbocycles. The zero-order chi connectivity index (χ0) is 14.8. The molecule has 1 fully saturated rings. The summed E-state index contributed by atoms with van der Waals surface area (Å²) >= 11 is 1.82. The molecular formula is C13H23N3O2S2. The van der Waals surface area contributed by atoms with Crippen molar-refractivity contribution in [2.24, 2.45) is 5.73 Å². The number of nitrogens with two attached hydrogens (primary N) is 1. The van der Waals surface area contributed by atoms with Gasteiger partial charge < -0.3 is 10.3 Å². The number of nitrogens with zero attached hydrogens (tertiary/aromatic N) is 1. The summed E-state index contributed by atoms with van der Waals surface area (Å²) in [5.74, 6) is 0. The molecule has 1 heterocycles. The maximum absolute atomic E-state index is 12.4. The van der Waals surface area contributed by atoms with Crippen LogP contribution in [0.3, 0.4) is 0 Å². The van der Waals surface area contributed by atoms with Crippen LogP contribution in [0.25, 0.3) is 0 Å². The summed E-state index contributed by atoms with van der Waals surface area (Å²) < 4.78 is 29.5. The zero-order valence-electron chi connectivity index (χ0n) is 12.0. The Labute approximate surface area is 125 Å². The highest BCUT2D eigenvalue weighted by atomic mass is 32.2. The summed E-state index contributed by atoms with van der Waals surface area (Å²) in [6.07, 6.45) is 6.67. The third kappa shape index (κ3) is 3.39. The van der Waals surface area contributed by atoms with Crippen LogP contribution < -0.4 is 10.5 Å². The Morgan fingerprint density at radius 3 is 2.75 bits per heavy atom. The molecule has 5 nitrogen and oxygen atoms in total. The quantitative estimate of drug-likeness (QED) is 0.834. The number of thioether (sulfide) groups is 1. The molecule has 0 bridgehead atoms. The molecule has 0 aromatic carbocycles. The SMILES string of the molecule is CCn1cc(S(=O)(=O)NC2CCC(SC)C2)cc1CN. The predicted molar refractivity (Wildman–Crippen MR) is 83.3 cm³/mol. The topological polar surface area (TPSA) is 77.1 Å². The summed E-state index contributed by atoms with van der Waals surface area (Å²) in [7, 11) is -3.43. The van der Waals surface area contributed by atoms with Crippen molar-refractivity contribution in [2.75, 3.05) is 6.26 Å². The summed E-state index contributed by atoms with van der Waals surface area (Å²) in [6.45, 7) is 3.05. The van der Waals surface area contributed by atoms with Gasteiger partial charge in [-0.05, 0) is 38.5 Å². The molecule has 7 heteroatoms. The number of aromatic nitrogens is 1. The van der Waals surface area contributed by atoms with Crippen molar-refractivity contribution in [2.45, 2.75) is 55.5 Å². The van der Waals surface area contributed by atoms with Crippen molar-refractivity contribution in [3.63, 3.8) is 0 Å². The van der Waals surface area contributed by atoms with E-state index >= 15 is 0 Å². The number of aryl methyl sites for hydroxylation is 1. The average molecular weight is 317 g/mol. The lowest BCUT2D eigenvalue weighted by Crippen LogP contribution is -2.33. The van der Waals surface area contributed by atoms with E-state index in [2.05, 4.69) is 11.0 Å². The Hall–Kier alpha value is -0.500. The van der Waals surface area contributed by atoms with E-state index < -0.39 is 10.0 Å². The molecule has 0 radical (unpaired) electrons. The van der Waals surface area contributed by atoms with Gasteiger partial charge in [-0.2, -0.15) is 11.8 Å². The predicted octanol–water partition coefficient (Wildman–Crippen LogP) is 1.53. The van der Waals surface area contributed by atoms with Gasteiger partial charge in [0.15, 0.2) is 0 Å². The van der Waals surface area contributed by atoms with Crippen molar-refractivity contribution >= 4 is 21.8 Å². The average Bonchev–Trinajstić information content (AvgIpc) is 3.03. The van der Waals surface area contributed by atoms with Crippen LogP contribution in [0.1, 0.15) is 31.9 Å². The van der Waals surface area contributed by atoms with Crippen LogP contribution in [0.2, 0.25) is 0 Å². The van der Waals surface area contributed by atoms with Crippen LogP contribution in [0.5, 0.6) is 0 Å². The van der Waals surface area contributed by atoms with E-state index in [1.54, 1.807) is 12.3 Å². The van der Waals surface area contributed by atoms with Crippen LogP contribution in [-0.2, 0) is 23.1 Å². The first-order valence-electron chi connectivity index (χ1n) is 6.94. The molecule has 20 heavy (non-hydrogen) atoms. The van der Waals surface area contributed by atoms with Crippen molar-refractivity contribution in [1.29, 1.82) is 0 Å². The van der Waals surface area contributed by atoms with Gasteiger partial charge >= 0.3 is 0 Å². The molecule has 1 aliphatic rings. The molecule has 1 aliphatic carbocycles. The third-order valence-electron chi connectivity index (χ3n) is 3.86. The van der Waals surface area contributed by atoms with Crippen LogP contribution in [0.4, 0.5) is 0 Å². The van der Waals surface area contributed by atoms with E-state index in [1.807, 2.05) is 23.3 Å². The monoisotopic (exact) mass is 317 g/mol. The zero-order valence-corrected chi connectivity index (χ0v) is 13.6. The van der Waals surface area contributed by atoms with Crippen LogP contribution in [-0.4, -0.2) is 30.5 Å². The van der Waals surface area contributed by atoms with Crippen LogP contribution in [0.15, 0.2) is 17.2 Å². The van der Waals surface area contributed by atoms with Gasteiger partial charge in [0.2, 0.25) is 10.0 Å². The number of nitrogens with one attached hydrogen (secondary N) is 1. The van der Waals surface area contributed by atoms with E-state index in [-0.39, 0.29) is 6.04 Å². The van der Waals surface area contributed by atoms with Crippen LogP contribution >= 0.6 is 11.8 Å². The maximum Gasteiger partial charge on any atom is 0.242 e. The molecule has 0 saturated heterocycles. The highest BCUT2D eigenvalue weighted by molar-refractivity contribution is 7.99. The molecule has 2 atom stereocenters. The standard InChI is InChI=1S/C13H23N3O2S2/c1-3-16-9-13(7-11(16)8-14)20(17,18)15-10-4-5-12(6-10)19-2/h7,9-10,12,15H,3-6,8,14H2,1-2H3. The molecular weight excluding hydrogens is 294 g/mol. The minimum atomic E-state index is -3.43. The second-order valence-corrected chi connectivity index (χ2v) is 8.00. The summed E-state index contributed by atoms with van der Waals surface area (Å²) in [5, 5.41) is 0.572. The molecule has 0 spiro atoms. The van der Waals surface area contributed by atoms with Crippen molar-refractivity contribution in [3.8, 4) is 0 Å². The lowest BCUT2D eigenvalue weighted by atomic mass is 10.3. The lowest BCUT2D eigenvalue weighted by molar-refractivity contribution is 0.552. The summed E-state index contributed by atoms with van der Waals surface area (Å²) in [5.41, 5.74) is 6.49. The third-order valence-corrected chi connectivity index (χ3v) is 6.44. The first kappa shape index (κ1) is 15.9. The number of rotatable bonds is 6. The van der Waals surface area contributed by atoms with E-state index in [9.17, 15) is 8.42 Å². The number of hydrogen-bond acceptors (Lipinski definition) is 4. The second-order valence-electron chi connectivity index (χ2n) is 5.15. The van der Waals surface area contributed by atoms with E-state index in [4.69, 9.17) is 5.73 Å². The van der Waals surface area contributed by atoms with Gasteiger partial charge in [-0.15, -0.1) is 0 Å². The molecule has 114 valence electrons. The van der Waals surface area contributed by atoms with E-state index in [0.29, 0.717) is 16.7 Å². The van der Waals surface area contributed by atoms with Crippen LogP contribution in [0, 0.1) is 0 Å². The second kappa shape index (κ2) is 6.51. The summed E-state index contributed by atoms with van der Waals surface area (Å²) in [4.78, 5) is 0.326. The number of sulfonamides is 1. The molecule has 0 amide bonds. The largest absolute Gasteiger partial charge is 0.349 e. The van der Waals surface area contributed by atoms with Gasteiger partial charge in [0.05, 0.1) is 4.90 Å². The maximum atomic E-state index is 12.4. The van der Waals surface area contributed by atoms with Crippen molar-refractivity contribution in [3.05, 3.63) is 18.0 Å². The molecule has 2 unspecified atom stereocenters. The summed E-state index contributed by atoms with van der Waals surface area (Å²) in [6, 6.07) is 1.73. The van der Waals surface area contributed by atoms with Gasteiger partial charge in [0, 0.05) is 36.3 Å². The van der Waals surface area contributed by atoms with E-state index in [0.717, 1.165) is 31.5 Å². The van der Waals surface area contributed by atoms with Gasteiger partial charge in [-0.25, -0.2) is 13.1 Å². The van der Waals surface area contributed by atoms with Gasteiger partial charge in [-0.1, -0.05) is 0 Å². The highest BCUT2D eigenvalue weighted by Crippen LogP contribution is 2.29. The Morgan fingerprint density at radius 1 is 1.50 bits per heavy atom. The van der Waals surface area contributed by atoms with Gasteiger partial charge in [0.25, 0.3) is 0 Å². The molecule has 2 rings (SSSR count). The Balaban J connectivity index is 2.12. The van der Waals surface area contributed by atoms with Crippen molar-refractivity contribution < 1.29 is 8.42 Å². The normalized spacial score (nSPS) is 23.4. The fraction of sp³-hybridized carbons (Fsp3) is 0.692. The lowest BCUT2D eigenvalue weighted by Gasteiger charge is -2.12. The molecule has 1 aromatic heterocycles. The molecule has 1 aromatic rings. The highest BCUT2D eigenvalue weighted by Gasteiger charge is 2.28. The minimum Gasteiger partial charge on any atom is -0.349 e. The Kier molecular flexibility index (Phi) is 5.17. The number of hydrogen-bond donors (Lipinski definition) is 2. The van der Waals surface area contributed by atoms with Gasteiger partial charge in [0.1, 0.15) is 0 Å². The van der Waals surface area contributed by atoms with Crippen molar-refractivity contribution in [1.82, 2.24) is 9.29 Å². The Bertz CT molecular complexity index is 532. The van der Waals surface area contributed by atoms with E-state index in [1.165, 1.54) is 0 Å². The fourth-order valence-electron chi connectivity index (χ4n) is 2.69. The first-order valence-corrected chi connectivity index (χ1v) is 9.71. The molecule has 0 aliphatic heterocycles. The van der Waals surface area contributed by atoms with Gasteiger partial charge in [-0.3, -0.25) is 0 Å². The smallest absolute Gasteiger partial charge is 0.242 e. The first-order chi connectivity index (χ1) is 9.50. The minimum absolute atomic E-state index is 0.0590.